The van der Waals surface area contributed by atoms with E-state index in [-0.39, 0.29) is 12.1 Å². The fourth-order valence-corrected chi connectivity index (χ4v) is 2.63. The predicted molar refractivity (Wildman–Crippen MR) is 64.5 cm³/mol. The maximum atomic E-state index is 14.4. The maximum Gasteiger partial charge on any atom is 0.140 e. The molecule has 1 saturated heterocycles. The fourth-order valence-electron chi connectivity index (χ4n) is 2.63. The Balaban J connectivity index is 1.87. The van der Waals surface area contributed by atoms with E-state index >= 15 is 0 Å². The molecule has 2 N–H and O–H groups in total. The summed E-state index contributed by atoms with van der Waals surface area (Å²) in [5, 5.41) is 0. The van der Waals surface area contributed by atoms with Crippen molar-refractivity contribution in [2.45, 2.75) is 36.9 Å². The van der Waals surface area contributed by atoms with Crippen LogP contribution in [0, 0.1) is 0 Å². The maximum absolute atomic E-state index is 14.4. The number of alkyl halides is 1. The van der Waals surface area contributed by atoms with Crippen LogP contribution < -0.4 is 5.73 Å². The van der Waals surface area contributed by atoms with Crippen molar-refractivity contribution in [3.63, 3.8) is 0 Å². The lowest BCUT2D eigenvalue weighted by atomic mass is 9.89. The molecule has 1 unspecified atom stereocenters. The molecule has 92 valence electrons. The normalized spacial score (nSPS) is 30.5. The van der Waals surface area contributed by atoms with Gasteiger partial charge in [0.1, 0.15) is 5.67 Å². The van der Waals surface area contributed by atoms with Crippen LogP contribution in [-0.4, -0.2) is 18.9 Å². The molecule has 17 heavy (non-hydrogen) atoms. The van der Waals surface area contributed by atoms with E-state index in [0.29, 0.717) is 19.4 Å². The first-order valence-corrected chi connectivity index (χ1v) is 6.25. The van der Waals surface area contributed by atoms with Gasteiger partial charge in [0.15, 0.2) is 0 Å². The van der Waals surface area contributed by atoms with Crippen LogP contribution in [0.25, 0.3) is 0 Å². The average molecular weight is 235 g/mol. The van der Waals surface area contributed by atoms with Gasteiger partial charge in [0.05, 0.1) is 6.61 Å². The van der Waals surface area contributed by atoms with Crippen molar-refractivity contribution >= 4 is 0 Å². The van der Waals surface area contributed by atoms with Crippen molar-refractivity contribution < 1.29 is 9.13 Å². The molecule has 0 bridgehead atoms. The molecule has 0 spiro atoms. The molecule has 0 radical (unpaired) electrons. The first-order chi connectivity index (χ1) is 8.11. The second kappa shape index (κ2) is 3.79. The molecule has 2 aliphatic rings. The quantitative estimate of drug-likeness (QED) is 0.872. The molecule has 3 heteroatoms. The molecule has 2 nitrogen and oxygen atoms in total. The number of rotatable bonds is 3. The molecule has 2 fully saturated rings. The van der Waals surface area contributed by atoms with E-state index in [0.717, 1.165) is 24.0 Å². The van der Waals surface area contributed by atoms with E-state index in [1.165, 1.54) is 0 Å². The zero-order valence-electron chi connectivity index (χ0n) is 9.92. The van der Waals surface area contributed by atoms with E-state index in [4.69, 9.17) is 10.5 Å². The van der Waals surface area contributed by atoms with E-state index < -0.39 is 5.67 Å². The lowest BCUT2D eigenvalue weighted by molar-refractivity contribution is 0.112. The van der Waals surface area contributed by atoms with Crippen LogP contribution in [0.15, 0.2) is 24.3 Å². The van der Waals surface area contributed by atoms with Crippen molar-refractivity contribution in [3.8, 4) is 0 Å². The van der Waals surface area contributed by atoms with Crippen molar-refractivity contribution in [3.05, 3.63) is 35.4 Å². The molecule has 1 saturated carbocycles. The molecule has 3 rings (SSSR count). The number of nitrogens with two attached hydrogens (primary N) is 1. The van der Waals surface area contributed by atoms with Gasteiger partial charge in [0.2, 0.25) is 0 Å². The number of ether oxygens (including phenoxy) is 1. The van der Waals surface area contributed by atoms with Gasteiger partial charge in [-0.3, -0.25) is 0 Å². The van der Waals surface area contributed by atoms with E-state index in [9.17, 15) is 4.39 Å². The van der Waals surface area contributed by atoms with Crippen LogP contribution in [0.1, 0.15) is 30.4 Å². The van der Waals surface area contributed by atoms with Crippen LogP contribution >= 0.6 is 0 Å². The highest BCUT2D eigenvalue weighted by atomic mass is 19.1. The zero-order chi connectivity index (χ0) is 11.9. The molecule has 1 heterocycles. The Hall–Kier alpha value is -0.930. The topological polar surface area (TPSA) is 35.2 Å². The number of benzene rings is 1. The van der Waals surface area contributed by atoms with Gasteiger partial charge in [-0.05, 0) is 24.0 Å². The Morgan fingerprint density at radius 1 is 1.24 bits per heavy atom. The first kappa shape index (κ1) is 11.2. The summed E-state index contributed by atoms with van der Waals surface area (Å²) in [5.41, 5.74) is 7.04. The Labute approximate surface area is 101 Å². The standard InChI is InChI=1S/C14H18FNO/c15-13(7-8-17-10-13)9-11-3-1-2-4-12(11)14(16)5-6-14/h1-4H,5-10,16H2. The summed E-state index contributed by atoms with van der Waals surface area (Å²) in [6.45, 7) is 0.755. The molecule has 1 aromatic rings. The van der Waals surface area contributed by atoms with E-state index in [1.54, 1.807) is 0 Å². The summed E-state index contributed by atoms with van der Waals surface area (Å²) >= 11 is 0. The highest BCUT2D eigenvalue weighted by Crippen LogP contribution is 2.45. The smallest absolute Gasteiger partial charge is 0.140 e. The van der Waals surface area contributed by atoms with Gasteiger partial charge in [-0.25, -0.2) is 4.39 Å². The van der Waals surface area contributed by atoms with E-state index in [1.807, 2.05) is 24.3 Å². The van der Waals surface area contributed by atoms with Crippen LogP contribution in [0.4, 0.5) is 4.39 Å². The van der Waals surface area contributed by atoms with Crippen LogP contribution in [0.3, 0.4) is 0 Å². The number of halogens is 1. The SMILES string of the molecule is NC1(c2ccccc2CC2(F)CCOC2)CC1. The summed E-state index contributed by atoms with van der Waals surface area (Å²) in [6.07, 6.45) is 2.96. The van der Waals surface area contributed by atoms with Crippen molar-refractivity contribution in [1.82, 2.24) is 0 Å². The van der Waals surface area contributed by atoms with Gasteiger partial charge in [0.25, 0.3) is 0 Å². The molecule has 0 amide bonds. The van der Waals surface area contributed by atoms with Gasteiger partial charge >= 0.3 is 0 Å². The minimum Gasteiger partial charge on any atom is -0.378 e. The van der Waals surface area contributed by atoms with Gasteiger partial charge < -0.3 is 10.5 Å². The zero-order valence-corrected chi connectivity index (χ0v) is 9.92. The Morgan fingerprint density at radius 3 is 2.65 bits per heavy atom. The molecule has 0 aromatic heterocycles. The minimum absolute atomic E-state index is 0.188. The summed E-state index contributed by atoms with van der Waals surface area (Å²) < 4.78 is 19.6. The third-order valence-electron chi connectivity index (χ3n) is 3.90. The summed E-state index contributed by atoms with van der Waals surface area (Å²) in [7, 11) is 0. The average Bonchev–Trinajstić information content (AvgIpc) is 2.91. The lowest BCUT2D eigenvalue weighted by Gasteiger charge is -2.21. The summed E-state index contributed by atoms with van der Waals surface area (Å²) in [4.78, 5) is 0. The third kappa shape index (κ3) is 2.09. The minimum atomic E-state index is -1.19. The molecular weight excluding hydrogens is 217 g/mol. The Morgan fingerprint density at radius 2 is 2.00 bits per heavy atom. The van der Waals surface area contributed by atoms with Crippen molar-refractivity contribution in [2.75, 3.05) is 13.2 Å². The summed E-state index contributed by atoms with van der Waals surface area (Å²) in [6, 6.07) is 8.00. The Bertz CT molecular complexity index is 422. The highest BCUT2D eigenvalue weighted by Gasteiger charge is 2.43. The van der Waals surface area contributed by atoms with Gasteiger partial charge in [-0.2, -0.15) is 0 Å². The molecule has 1 aromatic carbocycles. The number of hydrogen-bond donors (Lipinski definition) is 1. The van der Waals surface area contributed by atoms with Crippen molar-refractivity contribution in [2.24, 2.45) is 5.73 Å². The van der Waals surface area contributed by atoms with Gasteiger partial charge in [-0.15, -0.1) is 0 Å². The largest absolute Gasteiger partial charge is 0.378 e. The molecule has 1 atom stereocenters. The van der Waals surface area contributed by atoms with Crippen molar-refractivity contribution in [1.29, 1.82) is 0 Å². The molecule has 1 aliphatic heterocycles. The van der Waals surface area contributed by atoms with Crippen LogP contribution in [-0.2, 0) is 16.7 Å². The molecular formula is C14H18FNO. The summed E-state index contributed by atoms with van der Waals surface area (Å²) in [5.74, 6) is 0. The van der Waals surface area contributed by atoms with E-state index in [2.05, 4.69) is 0 Å². The first-order valence-electron chi connectivity index (χ1n) is 6.25. The lowest BCUT2D eigenvalue weighted by Crippen LogP contribution is -2.29. The number of hydrogen-bond acceptors (Lipinski definition) is 2. The molecule has 1 aliphatic carbocycles. The Kier molecular flexibility index (Phi) is 2.49. The second-order valence-corrected chi connectivity index (χ2v) is 5.44. The second-order valence-electron chi connectivity index (χ2n) is 5.44. The monoisotopic (exact) mass is 235 g/mol. The van der Waals surface area contributed by atoms with Gasteiger partial charge in [0, 0.05) is 25.0 Å². The highest BCUT2D eigenvalue weighted by molar-refractivity contribution is 5.38. The predicted octanol–water partition coefficient (Wildman–Crippen LogP) is 2.31. The van der Waals surface area contributed by atoms with Crippen LogP contribution in [0.5, 0.6) is 0 Å². The van der Waals surface area contributed by atoms with Gasteiger partial charge in [-0.1, -0.05) is 24.3 Å². The third-order valence-corrected chi connectivity index (χ3v) is 3.90. The van der Waals surface area contributed by atoms with Crippen LogP contribution in [0.2, 0.25) is 0 Å². The fraction of sp³-hybridized carbons (Fsp3) is 0.571.